The van der Waals surface area contributed by atoms with Crippen molar-refractivity contribution in [1.29, 1.82) is 0 Å². The molecule has 0 atom stereocenters. The van der Waals surface area contributed by atoms with Gasteiger partial charge in [-0.1, -0.05) is 29.3 Å². The van der Waals surface area contributed by atoms with Crippen molar-refractivity contribution < 1.29 is 4.79 Å². The van der Waals surface area contributed by atoms with Gasteiger partial charge in [0.15, 0.2) is 0 Å². The zero-order valence-electron chi connectivity index (χ0n) is 15.2. The van der Waals surface area contributed by atoms with Crippen LogP contribution in [0.15, 0.2) is 48.8 Å². The van der Waals surface area contributed by atoms with Gasteiger partial charge >= 0.3 is 0 Å². The van der Waals surface area contributed by atoms with E-state index >= 15 is 0 Å². The second-order valence-corrected chi connectivity index (χ2v) is 7.40. The number of benzene rings is 2. The maximum absolute atomic E-state index is 12.4. The summed E-state index contributed by atoms with van der Waals surface area (Å²) in [6.45, 7) is 3.70. The minimum Gasteiger partial charge on any atom is -0.356 e. The maximum Gasteiger partial charge on any atom is 0.251 e. The molecule has 0 radical (unpaired) electrons. The topological polar surface area (TPSA) is 58.1 Å². The summed E-state index contributed by atoms with van der Waals surface area (Å²) < 4.78 is 0. The van der Waals surface area contributed by atoms with E-state index in [0.29, 0.717) is 10.6 Å². The Morgan fingerprint density at radius 2 is 1.85 bits per heavy atom. The average molecular weight is 381 g/mol. The number of halogens is 1. The Morgan fingerprint density at radius 3 is 2.59 bits per heavy atom. The van der Waals surface area contributed by atoms with Gasteiger partial charge in [-0.05, 0) is 50.1 Å². The summed E-state index contributed by atoms with van der Waals surface area (Å²) in [4.78, 5) is 23.5. The molecule has 0 unspecified atom stereocenters. The van der Waals surface area contributed by atoms with Crippen molar-refractivity contribution in [3.05, 3.63) is 64.9 Å². The Labute approximate surface area is 163 Å². The number of hydrogen-bond acceptors (Lipinski definition) is 4. The van der Waals surface area contributed by atoms with Crippen LogP contribution in [0.25, 0.3) is 10.9 Å². The van der Waals surface area contributed by atoms with Gasteiger partial charge < -0.3 is 10.2 Å². The van der Waals surface area contributed by atoms with E-state index in [1.807, 2.05) is 49.4 Å². The number of rotatable bonds is 3. The first-order chi connectivity index (χ1) is 13.1. The van der Waals surface area contributed by atoms with Crippen LogP contribution in [0.1, 0.15) is 28.8 Å². The van der Waals surface area contributed by atoms with Crippen LogP contribution in [0.5, 0.6) is 0 Å². The number of anilines is 1. The highest BCUT2D eigenvalue weighted by atomic mass is 35.5. The van der Waals surface area contributed by atoms with Crippen LogP contribution in [0, 0.1) is 6.92 Å². The molecule has 1 aliphatic heterocycles. The highest BCUT2D eigenvalue weighted by Gasteiger charge is 2.23. The third-order valence-corrected chi connectivity index (χ3v) is 5.26. The molecule has 138 valence electrons. The number of carbonyl (C=O) groups is 1. The number of hydrogen-bond donors (Lipinski definition) is 1. The molecule has 1 N–H and O–H groups in total. The van der Waals surface area contributed by atoms with Gasteiger partial charge in [-0.15, -0.1) is 0 Å². The van der Waals surface area contributed by atoms with Gasteiger partial charge in [-0.3, -0.25) is 4.79 Å². The first-order valence-corrected chi connectivity index (χ1v) is 9.51. The number of piperidine rings is 1. The Balaban J connectivity index is 1.42. The predicted octanol–water partition coefficient (Wildman–Crippen LogP) is 3.99. The number of carbonyl (C=O) groups excluding carboxylic acids is 1. The zero-order valence-corrected chi connectivity index (χ0v) is 15.9. The molecule has 0 spiro atoms. The van der Waals surface area contributed by atoms with Gasteiger partial charge in [-0.2, -0.15) is 0 Å². The van der Waals surface area contributed by atoms with E-state index in [9.17, 15) is 4.79 Å². The minimum atomic E-state index is -0.00409. The summed E-state index contributed by atoms with van der Waals surface area (Å²) in [7, 11) is 0. The number of fused-ring (bicyclic) bond motifs is 1. The lowest BCUT2D eigenvalue weighted by molar-refractivity contribution is 0.0931. The Morgan fingerprint density at radius 1 is 1.11 bits per heavy atom. The van der Waals surface area contributed by atoms with Crippen molar-refractivity contribution in [1.82, 2.24) is 15.3 Å². The number of amides is 1. The quantitative estimate of drug-likeness (QED) is 0.746. The molecule has 1 amide bonds. The average Bonchev–Trinajstić information content (AvgIpc) is 2.68. The molecule has 5 nitrogen and oxygen atoms in total. The fraction of sp³-hybridized carbons (Fsp3) is 0.286. The molecule has 1 aromatic heterocycles. The van der Waals surface area contributed by atoms with Crippen LogP contribution >= 0.6 is 11.6 Å². The van der Waals surface area contributed by atoms with E-state index in [1.165, 1.54) is 0 Å². The fourth-order valence-electron chi connectivity index (χ4n) is 3.48. The van der Waals surface area contributed by atoms with Gasteiger partial charge in [0.2, 0.25) is 0 Å². The van der Waals surface area contributed by atoms with Crippen LogP contribution in [-0.2, 0) is 0 Å². The van der Waals surface area contributed by atoms with Crippen LogP contribution in [0.2, 0.25) is 5.02 Å². The Hall–Kier alpha value is -2.66. The molecule has 6 heteroatoms. The van der Waals surface area contributed by atoms with Gasteiger partial charge in [0.05, 0.1) is 5.52 Å². The smallest absolute Gasteiger partial charge is 0.251 e. The molecule has 0 bridgehead atoms. The summed E-state index contributed by atoms with van der Waals surface area (Å²) in [6.07, 6.45) is 3.35. The number of nitrogens with zero attached hydrogens (tertiary/aromatic N) is 3. The van der Waals surface area contributed by atoms with Crippen molar-refractivity contribution in [3.8, 4) is 0 Å². The third kappa shape index (κ3) is 3.88. The molecular formula is C21H21ClN4O. The second-order valence-electron chi connectivity index (χ2n) is 6.96. The van der Waals surface area contributed by atoms with Crippen molar-refractivity contribution in [2.75, 3.05) is 18.0 Å². The van der Waals surface area contributed by atoms with E-state index in [2.05, 4.69) is 20.2 Å². The van der Waals surface area contributed by atoms with E-state index in [4.69, 9.17) is 11.6 Å². The third-order valence-electron chi connectivity index (χ3n) is 5.02. The largest absolute Gasteiger partial charge is 0.356 e. The lowest BCUT2D eigenvalue weighted by atomic mass is 10.0. The summed E-state index contributed by atoms with van der Waals surface area (Å²) in [5.41, 5.74) is 2.71. The van der Waals surface area contributed by atoms with Gasteiger partial charge in [0.1, 0.15) is 12.1 Å². The lowest BCUT2D eigenvalue weighted by Gasteiger charge is -2.33. The van der Waals surface area contributed by atoms with Crippen LogP contribution < -0.4 is 10.2 Å². The maximum atomic E-state index is 12.4. The van der Waals surface area contributed by atoms with E-state index < -0.39 is 0 Å². The first-order valence-electron chi connectivity index (χ1n) is 9.13. The molecule has 0 aliphatic carbocycles. The molecule has 4 rings (SSSR count). The molecule has 2 heterocycles. The van der Waals surface area contributed by atoms with Crippen LogP contribution in [0.3, 0.4) is 0 Å². The van der Waals surface area contributed by atoms with Gasteiger partial charge in [0, 0.05) is 35.1 Å². The molecule has 3 aromatic rings. The normalized spacial score (nSPS) is 15.1. The van der Waals surface area contributed by atoms with Crippen molar-refractivity contribution in [2.45, 2.75) is 25.8 Å². The number of aryl methyl sites for hydroxylation is 1. The summed E-state index contributed by atoms with van der Waals surface area (Å²) in [5.74, 6) is 0.926. The summed E-state index contributed by atoms with van der Waals surface area (Å²) >= 11 is 6.07. The highest BCUT2D eigenvalue weighted by molar-refractivity contribution is 6.31. The standard InChI is InChI=1S/C21H21ClN4O/c1-14-2-4-15(5-3-14)21(27)25-17-8-10-26(11-9-17)20-18-7-6-16(22)12-19(18)23-13-24-20/h2-7,12-13,17H,8-11H2,1H3,(H,25,27). The highest BCUT2D eigenvalue weighted by Crippen LogP contribution is 2.27. The molecule has 1 saturated heterocycles. The van der Waals surface area contributed by atoms with Crippen LogP contribution in [0.4, 0.5) is 5.82 Å². The molecule has 27 heavy (non-hydrogen) atoms. The van der Waals surface area contributed by atoms with Crippen molar-refractivity contribution in [2.24, 2.45) is 0 Å². The lowest BCUT2D eigenvalue weighted by Crippen LogP contribution is -2.45. The van der Waals surface area contributed by atoms with E-state index in [1.54, 1.807) is 6.33 Å². The molecule has 2 aromatic carbocycles. The van der Waals surface area contributed by atoms with Crippen LogP contribution in [-0.4, -0.2) is 35.0 Å². The molecule has 1 aliphatic rings. The number of aromatic nitrogens is 2. The fourth-order valence-corrected chi connectivity index (χ4v) is 3.64. The first kappa shape index (κ1) is 17.7. The minimum absolute atomic E-state index is 0.00409. The Kier molecular flexibility index (Phi) is 4.94. The van der Waals surface area contributed by atoms with E-state index in [-0.39, 0.29) is 11.9 Å². The van der Waals surface area contributed by atoms with Gasteiger partial charge in [-0.25, -0.2) is 9.97 Å². The molecular weight excluding hydrogens is 360 g/mol. The second kappa shape index (κ2) is 7.53. The molecule has 0 saturated carbocycles. The molecule has 1 fully saturated rings. The Bertz CT molecular complexity index is 966. The zero-order chi connectivity index (χ0) is 18.8. The number of nitrogens with one attached hydrogen (secondary N) is 1. The summed E-state index contributed by atoms with van der Waals surface area (Å²) in [6, 6.07) is 13.5. The summed E-state index contributed by atoms with van der Waals surface area (Å²) in [5, 5.41) is 4.83. The van der Waals surface area contributed by atoms with E-state index in [0.717, 1.165) is 48.2 Å². The van der Waals surface area contributed by atoms with Gasteiger partial charge in [0.25, 0.3) is 5.91 Å². The SMILES string of the molecule is Cc1ccc(C(=O)NC2CCN(c3ncnc4cc(Cl)ccc34)CC2)cc1. The van der Waals surface area contributed by atoms with Crippen molar-refractivity contribution >= 4 is 34.2 Å². The van der Waals surface area contributed by atoms with Crippen molar-refractivity contribution in [3.63, 3.8) is 0 Å². The monoisotopic (exact) mass is 380 g/mol. The predicted molar refractivity (Wildman–Crippen MR) is 108 cm³/mol.